The zero-order chi connectivity index (χ0) is 17.7. The predicted molar refractivity (Wildman–Crippen MR) is 83.8 cm³/mol. The van der Waals surface area contributed by atoms with E-state index in [9.17, 15) is 0 Å². The maximum absolute atomic E-state index is 8.49. The molecule has 24 heavy (non-hydrogen) atoms. The van der Waals surface area contributed by atoms with Crippen molar-refractivity contribution in [3.05, 3.63) is 48.5 Å². The van der Waals surface area contributed by atoms with Crippen LogP contribution in [-0.4, -0.2) is 17.9 Å². The van der Waals surface area contributed by atoms with Crippen LogP contribution in [0.2, 0.25) is 0 Å². The molecule has 0 aliphatic carbocycles. The van der Waals surface area contributed by atoms with Crippen molar-refractivity contribution in [2.24, 2.45) is 0 Å². The Morgan fingerprint density at radius 2 is 1.33 bits per heavy atom. The minimum Gasteiger partial charge on any atom is -0.222 e. The Morgan fingerprint density at radius 1 is 0.917 bits per heavy atom. The van der Waals surface area contributed by atoms with E-state index in [4.69, 9.17) is 18.6 Å². The van der Waals surface area contributed by atoms with E-state index in [2.05, 4.69) is 66.8 Å². The Labute approximate surface area is 151 Å². The molecule has 8 heteroatoms. The molecule has 0 radical (unpaired) electrons. The van der Waals surface area contributed by atoms with Gasteiger partial charge >= 0.3 is 0 Å². The Bertz CT molecular complexity index is 630. The first-order chi connectivity index (χ1) is 11.3. The van der Waals surface area contributed by atoms with Crippen molar-refractivity contribution in [2.75, 3.05) is 13.6 Å². The average Bonchev–Trinajstić information content (AvgIpc) is 2.51. The number of benzene rings is 2. The van der Waals surface area contributed by atoms with E-state index in [0.29, 0.717) is 0 Å². The highest BCUT2D eigenvalue weighted by atomic mass is 35.7. The molecule has 2 aromatic carbocycles. The molecule has 1 heterocycles. The number of halogens is 1. The van der Waals surface area contributed by atoms with Crippen LogP contribution in [0, 0.1) is 10.2 Å². The third kappa shape index (κ3) is 5.37. The maximum Gasteiger partial charge on any atom is 0.196 e. The first-order valence-corrected chi connectivity index (χ1v) is 10.5. The van der Waals surface area contributed by atoms with Crippen molar-refractivity contribution < 1.29 is 28.9 Å². The van der Waals surface area contributed by atoms with E-state index < -0.39 is 10.2 Å². The monoisotopic (exact) mass is 387 g/mol. The van der Waals surface area contributed by atoms with Gasteiger partial charge < -0.3 is 0 Å². The van der Waals surface area contributed by atoms with E-state index in [1.54, 1.807) is 0 Å². The van der Waals surface area contributed by atoms with Crippen molar-refractivity contribution in [3.8, 4) is 0 Å². The molecule has 2 aromatic rings. The van der Waals surface area contributed by atoms with Crippen LogP contribution >= 0.6 is 11.8 Å². The normalized spacial score (nSPS) is 13.8. The molecule has 0 N–H and O–H groups in total. The summed E-state index contributed by atoms with van der Waals surface area (Å²) in [5.41, 5.74) is 0. The zero-order valence-electron chi connectivity index (χ0n) is 13.3. The topological polar surface area (TPSA) is 95.5 Å². The molecule has 0 saturated heterocycles. The maximum atomic E-state index is 8.49. The molecule has 3 rings (SSSR count). The second kappa shape index (κ2) is 8.55. The second-order valence-electron chi connectivity index (χ2n) is 5.01. The molecular formula is C16H18ClNO4S2. The van der Waals surface area contributed by atoms with Crippen molar-refractivity contribution in [1.82, 2.24) is 4.31 Å². The molecule has 1 aliphatic rings. The van der Waals surface area contributed by atoms with Gasteiger partial charge in [0.15, 0.2) is 20.9 Å². The molecule has 0 spiro atoms. The molecule has 130 valence electrons. The van der Waals surface area contributed by atoms with Crippen LogP contribution in [0.1, 0.15) is 13.3 Å². The first-order valence-electron chi connectivity index (χ1n) is 7.24. The second-order valence-corrected chi connectivity index (χ2v) is 8.92. The van der Waals surface area contributed by atoms with Gasteiger partial charge in [0.25, 0.3) is 0 Å². The fourth-order valence-electron chi connectivity index (χ4n) is 2.37. The van der Waals surface area contributed by atoms with Crippen LogP contribution in [0.15, 0.2) is 68.1 Å². The summed E-state index contributed by atoms with van der Waals surface area (Å²) in [6.45, 7) is 3.38. The Kier molecular flexibility index (Phi) is 6.97. The summed E-state index contributed by atoms with van der Waals surface area (Å²) in [6.07, 6.45) is 1.19. The molecule has 5 nitrogen and oxygen atoms in total. The third-order valence-electron chi connectivity index (χ3n) is 3.19. The molecule has 1 aliphatic heterocycles. The Balaban J connectivity index is 0.000000368. The Morgan fingerprint density at radius 3 is 1.75 bits per heavy atom. The summed E-state index contributed by atoms with van der Waals surface area (Å²) in [5.74, 6) is 0. The molecule has 0 aromatic heterocycles. The molecule has 0 bridgehead atoms. The van der Waals surface area contributed by atoms with Gasteiger partial charge in [-0.05, 0) is 30.7 Å². The largest absolute Gasteiger partial charge is 0.222 e. The third-order valence-corrected chi connectivity index (χ3v) is 6.95. The lowest BCUT2D eigenvalue weighted by atomic mass is 10.3. The van der Waals surface area contributed by atoms with Crippen LogP contribution in [0.5, 0.6) is 0 Å². The van der Waals surface area contributed by atoms with E-state index >= 15 is 0 Å². The number of fused-ring (bicyclic) bond motifs is 2. The molecule has 0 amide bonds. The SMILES string of the molecule is CCCN(C)[S+]1c2ccccc2Sc2ccccc21.[O-][Cl+3]([O-])([O-])[O-]. The van der Waals surface area contributed by atoms with Gasteiger partial charge in [-0.3, -0.25) is 0 Å². The van der Waals surface area contributed by atoms with Gasteiger partial charge in [0.05, 0.1) is 9.79 Å². The quantitative estimate of drug-likeness (QED) is 0.670. The van der Waals surface area contributed by atoms with Gasteiger partial charge in [-0.15, -0.1) is 14.5 Å². The summed E-state index contributed by atoms with van der Waals surface area (Å²) < 4.78 is 36.5. The molecule has 0 saturated carbocycles. The van der Waals surface area contributed by atoms with Gasteiger partial charge in [-0.2, -0.15) is 0 Å². The summed E-state index contributed by atoms with van der Waals surface area (Å²) in [7, 11) is -2.70. The zero-order valence-corrected chi connectivity index (χ0v) is 15.7. The van der Waals surface area contributed by atoms with Crippen LogP contribution in [-0.2, 0) is 11.1 Å². The van der Waals surface area contributed by atoms with Gasteiger partial charge in [-0.1, -0.05) is 43.0 Å². The molecular weight excluding hydrogens is 370 g/mol. The van der Waals surface area contributed by atoms with Crippen molar-refractivity contribution in [3.63, 3.8) is 0 Å². The molecule has 0 unspecified atom stereocenters. The fourth-order valence-corrected chi connectivity index (χ4v) is 6.16. The van der Waals surface area contributed by atoms with Crippen molar-refractivity contribution in [2.45, 2.75) is 32.9 Å². The van der Waals surface area contributed by atoms with Crippen LogP contribution in [0.25, 0.3) is 0 Å². The predicted octanol–water partition coefficient (Wildman–Crippen LogP) is -0.312. The minimum atomic E-state index is -4.94. The highest BCUT2D eigenvalue weighted by Crippen LogP contribution is 2.46. The van der Waals surface area contributed by atoms with Gasteiger partial charge in [-0.25, -0.2) is 18.6 Å². The highest BCUT2D eigenvalue weighted by molar-refractivity contribution is 8.03. The molecule has 0 atom stereocenters. The van der Waals surface area contributed by atoms with Gasteiger partial charge in [0, 0.05) is 13.6 Å². The summed E-state index contributed by atoms with van der Waals surface area (Å²) in [6, 6.07) is 17.7. The van der Waals surface area contributed by atoms with Gasteiger partial charge in [0.2, 0.25) is 0 Å². The lowest BCUT2D eigenvalue weighted by molar-refractivity contribution is -2.00. The van der Waals surface area contributed by atoms with Crippen molar-refractivity contribution >= 4 is 22.8 Å². The van der Waals surface area contributed by atoms with Crippen LogP contribution in [0.4, 0.5) is 0 Å². The van der Waals surface area contributed by atoms with Crippen LogP contribution < -0.4 is 18.6 Å². The highest BCUT2D eigenvalue weighted by Gasteiger charge is 2.39. The standard InChI is InChI=1S/C16H18NS2.ClHO4/c1-3-12-17(2)19-15-10-6-4-8-13(15)18-14-9-5-7-11-16(14)19;2-1(3,4)5/h4-11H,3,12H2,1-2H3;(H,2,3,4,5)/q+1;/p-1. The van der Waals surface area contributed by atoms with Gasteiger partial charge in [0.1, 0.15) is 0 Å². The van der Waals surface area contributed by atoms with Crippen molar-refractivity contribution in [1.29, 1.82) is 0 Å². The van der Waals surface area contributed by atoms with E-state index in [1.807, 2.05) is 11.8 Å². The summed E-state index contributed by atoms with van der Waals surface area (Å²) >= 11 is 1.98. The van der Waals surface area contributed by atoms with E-state index in [-0.39, 0.29) is 11.1 Å². The summed E-state index contributed by atoms with van der Waals surface area (Å²) in [4.78, 5) is 5.77. The average molecular weight is 388 g/mol. The minimum absolute atomic E-state index is 0.0733. The number of hydrogen-bond acceptors (Lipinski definition) is 6. The number of hydrogen-bond donors (Lipinski definition) is 0. The van der Waals surface area contributed by atoms with E-state index in [1.165, 1.54) is 26.0 Å². The first kappa shape index (κ1) is 19.6. The fraction of sp³-hybridized carbons (Fsp3) is 0.250. The lowest BCUT2D eigenvalue weighted by Crippen LogP contribution is -2.68. The number of nitrogens with zero attached hydrogens (tertiary/aromatic N) is 1. The smallest absolute Gasteiger partial charge is 0.196 e. The lowest BCUT2D eigenvalue weighted by Gasteiger charge is -2.23. The van der Waals surface area contributed by atoms with E-state index in [0.717, 1.165) is 6.54 Å². The Hall–Kier alpha value is -0.770. The number of rotatable bonds is 3. The summed E-state index contributed by atoms with van der Waals surface area (Å²) in [5, 5.41) is 0. The van der Waals surface area contributed by atoms with Crippen LogP contribution in [0.3, 0.4) is 0 Å². The molecule has 0 fully saturated rings.